The molecule has 0 aliphatic carbocycles. The number of aryl methyl sites for hydroxylation is 2. The topological polar surface area (TPSA) is 29.5 Å². The molecule has 0 aliphatic heterocycles. The molecule has 1 unspecified atom stereocenters. The van der Waals surface area contributed by atoms with Gasteiger partial charge in [0.1, 0.15) is 12.4 Å². The predicted octanol–water partition coefficient (Wildman–Crippen LogP) is 4.59. The van der Waals surface area contributed by atoms with Gasteiger partial charge in [0.2, 0.25) is 0 Å². The lowest BCUT2D eigenvalue weighted by molar-refractivity contribution is 0.199. The Bertz CT molecular complexity index is 586. The molecule has 2 aromatic carbocycles. The quantitative estimate of drug-likeness (QED) is 0.892. The second-order valence-electron chi connectivity index (χ2n) is 5.15. The third kappa shape index (κ3) is 3.75. The van der Waals surface area contributed by atoms with Crippen molar-refractivity contribution in [1.29, 1.82) is 0 Å². The van der Waals surface area contributed by atoms with Crippen LogP contribution in [0, 0.1) is 13.8 Å². The van der Waals surface area contributed by atoms with Gasteiger partial charge in [0.25, 0.3) is 0 Å². The van der Waals surface area contributed by atoms with Gasteiger partial charge in [0.05, 0.1) is 11.1 Å². The highest BCUT2D eigenvalue weighted by atomic mass is 35.5. The maximum absolute atomic E-state index is 9.51. The first-order valence-electron chi connectivity index (χ1n) is 6.63. The molecule has 1 N–H and O–H groups in total. The Labute approximate surface area is 125 Å². The van der Waals surface area contributed by atoms with Crippen molar-refractivity contribution >= 4 is 11.6 Å². The van der Waals surface area contributed by atoms with E-state index in [9.17, 15) is 5.11 Å². The first-order valence-corrected chi connectivity index (χ1v) is 7.01. The van der Waals surface area contributed by atoms with Crippen LogP contribution >= 0.6 is 11.6 Å². The fraction of sp³-hybridized carbons (Fsp3) is 0.294. The van der Waals surface area contributed by atoms with Crippen LogP contribution in [0.4, 0.5) is 0 Å². The number of aliphatic hydroxyl groups excluding tert-OH is 1. The maximum Gasteiger partial charge on any atom is 0.138 e. The fourth-order valence-corrected chi connectivity index (χ4v) is 2.45. The zero-order valence-electron chi connectivity index (χ0n) is 12.0. The van der Waals surface area contributed by atoms with Crippen LogP contribution < -0.4 is 4.74 Å². The van der Waals surface area contributed by atoms with Gasteiger partial charge in [0, 0.05) is 0 Å². The average Bonchev–Trinajstić information content (AvgIpc) is 2.36. The van der Waals surface area contributed by atoms with Gasteiger partial charge >= 0.3 is 0 Å². The number of rotatable bonds is 4. The Hall–Kier alpha value is -1.51. The van der Waals surface area contributed by atoms with Gasteiger partial charge in [-0.15, -0.1) is 0 Å². The highest BCUT2D eigenvalue weighted by Gasteiger charge is 2.07. The second kappa shape index (κ2) is 6.29. The molecule has 0 saturated heterocycles. The van der Waals surface area contributed by atoms with Gasteiger partial charge < -0.3 is 9.84 Å². The average molecular weight is 291 g/mol. The van der Waals surface area contributed by atoms with Crippen molar-refractivity contribution in [1.82, 2.24) is 0 Å². The van der Waals surface area contributed by atoms with Crippen molar-refractivity contribution in [2.75, 3.05) is 0 Å². The van der Waals surface area contributed by atoms with Gasteiger partial charge in [-0.2, -0.15) is 0 Å². The van der Waals surface area contributed by atoms with Crippen molar-refractivity contribution in [3.05, 3.63) is 63.7 Å². The minimum absolute atomic E-state index is 0.482. The molecular formula is C17H19ClO2. The summed E-state index contributed by atoms with van der Waals surface area (Å²) in [6.45, 7) is 6.33. The smallest absolute Gasteiger partial charge is 0.138 e. The minimum Gasteiger partial charge on any atom is -0.487 e. The maximum atomic E-state index is 9.51. The molecule has 3 heteroatoms. The number of halogens is 1. The van der Waals surface area contributed by atoms with Crippen LogP contribution in [0.5, 0.6) is 5.75 Å². The molecule has 2 aromatic rings. The molecule has 0 aromatic heterocycles. The van der Waals surface area contributed by atoms with Gasteiger partial charge in [-0.05, 0) is 44.0 Å². The molecule has 0 radical (unpaired) electrons. The normalized spacial score (nSPS) is 12.2. The molecule has 0 saturated carbocycles. The SMILES string of the molecule is Cc1cc(C)cc(COc2ccc(C(C)O)cc2Cl)c1. The summed E-state index contributed by atoms with van der Waals surface area (Å²) in [5.74, 6) is 0.634. The predicted molar refractivity (Wildman–Crippen MR) is 82.3 cm³/mol. The standard InChI is InChI=1S/C17H19ClO2/c1-11-6-12(2)8-14(7-11)10-20-17-5-4-15(13(3)19)9-16(17)18/h4-9,13,19H,10H2,1-3H3. The summed E-state index contributed by atoms with van der Waals surface area (Å²) >= 11 is 6.17. The van der Waals surface area contributed by atoms with E-state index < -0.39 is 6.10 Å². The molecule has 2 rings (SSSR count). The summed E-state index contributed by atoms with van der Waals surface area (Å²) in [5.41, 5.74) is 4.35. The molecule has 2 nitrogen and oxygen atoms in total. The molecule has 0 fully saturated rings. The molecular weight excluding hydrogens is 272 g/mol. The number of aliphatic hydroxyl groups is 1. The molecule has 0 spiro atoms. The molecule has 0 amide bonds. The molecule has 20 heavy (non-hydrogen) atoms. The number of hydrogen-bond acceptors (Lipinski definition) is 2. The van der Waals surface area contributed by atoms with Crippen molar-refractivity contribution < 1.29 is 9.84 Å². The lowest BCUT2D eigenvalue weighted by Gasteiger charge is -2.11. The summed E-state index contributed by atoms with van der Waals surface area (Å²) in [5, 5.41) is 10.0. The molecule has 0 aliphatic rings. The van der Waals surface area contributed by atoms with E-state index >= 15 is 0 Å². The van der Waals surface area contributed by atoms with Crippen LogP contribution in [0.2, 0.25) is 5.02 Å². The highest BCUT2D eigenvalue weighted by Crippen LogP contribution is 2.28. The lowest BCUT2D eigenvalue weighted by Crippen LogP contribution is -1.98. The Morgan fingerprint density at radius 3 is 2.30 bits per heavy atom. The monoisotopic (exact) mass is 290 g/mol. The van der Waals surface area contributed by atoms with E-state index in [1.165, 1.54) is 11.1 Å². The van der Waals surface area contributed by atoms with E-state index in [1.807, 2.05) is 6.07 Å². The zero-order chi connectivity index (χ0) is 14.7. The zero-order valence-corrected chi connectivity index (χ0v) is 12.7. The third-order valence-corrected chi connectivity index (χ3v) is 3.41. The summed E-state index contributed by atoms with van der Waals surface area (Å²) < 4.78 is 5.75. The minimum atomic E-state index is -0.527. The van der Waals surface area contributed by atoms with E-state index in [1.54, 1.807) is 19.1 Å². The van der Waals surface area contributed by atoms with Gasteiger partial charge in [0.15, 0.2) is 0 Å². The highest BCUT2D eigenvalue weighted by molar-refractivity contribution is 6.32. The Morgan fingerprint density at radius 2 is 1.75 bits per heavy atom. The first kappa shape index (κ1) is 14.9. The van der Waals surface area contributed by atoms with Gasteiger partial charge in [-0.3, -0.25) is 0 Å². The van der Waals surface area contributed by atoms with Crippen molar-refractivity contribution in [2.45, 2.75) is 33.5 Å². The van der Waals surface area contributed by atoms with Crippen LogP contribution in [0.15, 0.2) is 36.4 Å². The molecule has 0 heterocycles. The van der Waals surface area contributed by atoms with Crippen LogP contribution in [-0.4, -0.2) is 5.11 Å². The molecule has 1 atom stereocenters. The first-order chi connectivity index (χ1) is 9.45. The number of ether oxygens (including phenoxy) is 1. The third-order valence-electron chi connectivity index (χ3n) is 3.11. The van der Waals surface area contributed by atoms with E-state index in [-0.39, 0.29) is 0 Å². The van der Waals surface area contributed by atoms with E-state index in [4.69, 9.17) is 16.3 Å². The number of benzene rings is 2. The summed E-state index contributed by atoms with van der Waals surface area (Å²) in [7, 11) is 0. The summed E-state index contributed by atoms with van der Waals surface area (Å²) in [4.78, 5) is 0. The summed E-state index contributed by atoms with van der Waals surface area (Å²) in [6, 6.07) is 11.7. The Kier molecular flexibility index (Phi) is 4.69. The van der Waals surface area contributed by atoms with Crippen molar-refractivity contribution in [2.24, 2.45) is 0 Å². The Morgan fingerprint density at radius 1 is 1.10 bits per heavy atom. The number of hydrogen-bond donors (Lipinski definition) is 1. The van der Waals surface area contributed by atoms with Crippen LogP contribution in [0.3, 0.4) is 0 Å². The fourth-order valence-electron chi connectivity index (χ4n) is 2.21. The van der Waals surface area contributed by atoms with E-state index in [0.717, 1.165) is 11.1 Å². The molecule has 106 valence electrons. The molecule has 0 bridgehead atoms. The van der Waals surface area contributed by atoms with E-state index in [2.05, 4.69) is 32.0 Å². The van der Waals surface area contributed by atoms with Crippen molar-refractivity contribution in [3.8, 4) is 5.75 Å². The van der Waals surface area contributed by atoms with Gasteiger partial charge in [-0.1, -0.05) is 47.0 Å². The second-order valence-corrected chi connectivity index (χ2v) is 5.56. The van der Waals surface area contributed by atoms with Crippen molar-refractivity contribution in [3.63, 3.8) is 0 Å². The van der Waals surface area contributed by atoms with Crippen LogP contribution in [-0.2, 0) is 6.61 Å². The van der Waals surface area contributed by atoms with Crippen LogP contribution in [0.1, 0.15) is 35.3 Å². The van der Waals surface area contributed by atoms with Gasteiger partial charge in [-0.25, -0.2) is 0 Å². The Balaban J connectivity index is 2.11. The summed E-state index contributed by atoms with van der Waals surface area (Å²) in [6.07, 6.45) is -0.527. The largest absolute Gasteiger partial charge is 0.487 e. The lowest BCUT2D eigenvalue weighted by atomic mass is 10.1. The van der Waals surface area contributed by atoms with Crippen LogP contribution in [0.25, 0.3) is 0 Å². The van der Waals surface area contributed by atoms with E-state index in [0.29, 0.717) is 17.4 Å².